The van der Waals surface area contributed by atoms with Crippen molar-refractivity contribution in [3.63, 3.8) is 0 Å². The van der Waals surface area contributed by atoms with Crippen LogP contribution in [-0.4, -0.2) is 5.78 Å². The summed E-state index contributed by atoms with van der Waals surface area (Å²) in [6.07, 6.45) is 3.60. The molecule has 0 N–H and O–H groups in total. The lowest BCUT2D eigenvalue weighted by Crippen LogP contribution is -2.03. The van der Waals surface area contributed by atoms with E-state index in [4.69, 9.17) is 0 Å². The highest BCUT2D eigenvalue weighted by Gasteiger charge is 2.21. The molecule has 0 heterocycles. The van der Waals surface area contributed by atoms with Crippen molar-refractivity contribution in [1.29, 1.82) is 0 Å². The van der Waals surface area contributed by atoms with Crippen LogP contribution in [0.5, 0.6) is 0 Å². The minimum absolute atomic E-state index is 0.0745. The van der Waals surface area contributed by atoms with E-state index in [1.807, 2.05) is 30.3 Å². The van der Waals surface area contributed by atoms with Gasteiger partial charge in [0.05, 0.1) is 0 Å². The first kappa shape index (κ1) is 14.9. The van der Waals surface area contributed by atoms with E-state index in [2.05, 4.69) is 60.7 Å². The zero-order valence-electron chi connectivity index (χ0n) is 14.1. The molecule has 0 saturated heterocycles. The Morgan fingerprint density at radius 1 is 0.577 bits per heavy atom. The molecule has 26 heavy (non-hydrogen) atoms. The zero-order chi connectivity index (χ0) is 17.5. The van der Waals surface area contributed by atoms with Gasteiger partial charge in [0, 0.05) is 10.9 Å². The summed E-state index contributed by atoms with van der Waals surface area (Å²) in [5, 5.41) is 2.18. The summed E-state index contributed by atoms with van der Waals surface area (Å²) in [5.41, 5.74) is 6.46. The van der Waals surface area contributed by atoms with E-state index < -0.39 is 0 Å². The van der Waals surface area contributed by atoms with Gasteiger partial charge in [0.1, 0.15) is 0 Å². The minimum Gasteiger partial charge on any atom is -0.289 e. The molecule has 1 aliphatic rings. The van der Waals surface area contributed by atoms with E-state index in [1.54, 1.807) is 6.08 Å². The second kappa shape index (κ2) is 5.82. The molecule has 0 amide bonds. The third kappa shape index (κ3) is 2.21. The molecule has 4 aromatic rings. The van der Waals surface area contributed by atoms with Crippen LogP contribution in [-0.2, 0) is 0 Å². The van der Waals surface area contributed by atoms with E-state index >= 15 is 0 Å². The van der Waals surface area contributed by atoms with E-state index in [0.717, 1.165) is 38.6 Å². The van der Waals surface area contributed by atoms with Gasteiger partial charge in [-0.3, -0.25) is 4.79 Å². The number of hydrogen-bond acceptors (Lipinski definition) is 1. The van der Waals surface area contributed by atoms with Crippen molar-refractivity contribution in [3.05, 3.63) is 102 Å². The Bertz CT molecular complexity index is 1170. The number of carbonyl (C=O) groups is 1. The smallest absolute Gasteiger partial charge is 0.186 e. The molecule has 122 valence electrons. The van der Waals surface area contributed by atoms with Crippen molar-refractivity contribution in [2.75, 3.05) is 0 Å². The van der Waals surface area contributed by atoms with Crippen molar-refractivity contribution >= 4 is 22.6 Å². The van der Waals surface area contributed by atoms with E-state index in [0.29, 0.717) is 0 Å². The molecular formula is C25H16O. The Morgan fingerprint density at radius 2 is 1.27 bits per heavy atom. The van der Waals surface area contributed by atoms with Crippen molar-refractivity contribution in [2.45, 2.75) is 0 Å². The number of ketones is 1. The summed E-state index contributed by atoms with van der Waals surface area (Å²) in [6.45, 7) is 0. The first-order valence-corrected chi connectivity index (χ1v) is 8.76. The Balaban J connectivity index is 1.98. The highest BCUT2D eigenvalue weighted by Crippen LogP contribution is 2.42. The average molecular weight is 332 g/mol. The summed E-state index contributed by atoms with van der Waals surface area (Å²) in [6, 6.07) is 29.1. The van der Waals surface area contributed by atoms with Crippen LogP contribution < -0.4 is 0 Å². The van der Waals surface area contributed by atoms with Crippen LogP contribution in [0.1, 0.15) is 15.9 Å². The third-order valence-corrected chi connectivity index (χ3v) is 5.02. The van der Waals surface area contributed by atoms with Gasteiger partial charge >= 0.3 is 0 Å². The van der Waals surface area contributed by atoms with Gasteiger partial charge in [-0.1, -0.05) is 84.9 Å². The highest BCUT2D eigenvalue weighted by molar-refractivity contribution is 6.23. The fraction of sp³-hybridized carbons (Fsp3) is 0. The van der Waals surface area contributed by atoms with Crippen LogP contribution in [0.25, 0.3) is 39.1 Å². The summed E-state index contributed by atoms with van der Waals surface area (Å²) >= 11 is 0. The molecule has 0 aliphatic heterocycles. The summed E-state index contributed by atoms with van der Waals surface area (Å²) in [4.78, 5) is 12.6. The van der Waals surface area contributed by atoms with Gasteiger partial charge in [0.2, 0.25) is 0 Å². The molecule has 0 fully saturated rings. The lowest BCUT2D eigenvalue weighted by molar-refractivity contribution is 0.104. The second-order valence-corrected chi connectivity index (χ2v) is 6.55. The summed E-state index contributed by atoms with van der Waals surface area (Å²) in [5.74, 6) is 0.0745. The Morgan fingerprint density at radius 3 is 2.00 bits per heavy atom. The Hall–Kier alpha value is -3.45. The van der Waals surface area contributed by atoms with Gasteiger partial charge in [0.25, 0.3) is 0 Å². The molecule has 4 aromatic carbocycles. The molecule has 1 heteroatoms. The molecule has 0 atom stereocenters. The number of carbonyl (C=O) groups excluding carboxylic acids is 1. The van der Waals surface area contributed by atoms with Crippen LogP contribution in [0.2, 0.25) is 0 Å². The SMILES string of the molecule is O=C1C=Cc2cccc3c(-c4ccccc4)c(-c4ccccc4)cc1c23. The molecule has 0 radical (unpaired) electrons. The van der Waals surface area contributed by atoms with Gasteiger partial charge < -0.3 is 0 Å². The highest BCUT2D eigenvalue weighted by atomic mass is 16.1. The maximum Gasteiger partial charge on any atom is 0.186 e. The Kier molecular flexibility index (Phi) is 3.32. The largest absolute Gasteiger partial charge is 0.289 e. The molecule has 0 bridgehead atoms. The Labute approximate surface area is 152 Å². The van der Waals surface area contributed by atoms with Crippen LogP contribution in [0.3, 0.4) is 0 Å². The fourth-order valence-electron chi connectivity index (χ4n) is 3.86. The molecular weight excluding hydrogens is 316 g/mol. The number of hydrogen-bond donors (Lipinski definition) is 0. The van der Waals surface area contributed by atoms with Gasteiger partial charge in [-0.15, -0.1) is 0 Å². The standard InChI is InChI=1S/C25H16O/c26-23-15-14-19-12-7-13-20-24(18-10-5-2-6-11-18)21(16-22(23)25(19)20)17-8-3-1-4-9-17/h1-16H. The van der Waals surface area contributed by atoms with Gasteiger partial charge in [-0.2, -0.15) is 0 Å². The molecule has 0 unspecified atom stereocenters. The van der Waals surface area contributed by atoms with E-state index in [1.165, 1.54) is 5.56 Å². The predicted octanol–water partition coefficient (Wildman–Crippen LogP) is 6.38. The zero-order valence-corrected chi connectivity index (χ0v) is 14.1. The number of rotatable bonds is 2. The summed E-state index contributed by atoms with van der Waals surface area (Å²) < 4.78 is 0. The summed E-state index contributed by atoms with van der Waals surface area (Å²) in [7, 11) is 0. The lowest BCUT2D eigenvalue weighted by atomic mass is 9.83. The topological polar surface area (TPSA) is 17.1 Å². The second-order valence-electron chi connectivity index (χ2n) is 6.55. The van der Waals surface area contributed by atoms with Crippen molar-refractivity contribution in [1.82, 2.24) is 0 Å². The lowest BCUT2D eigenvalue weighted by Gasteiger charge is -2.19. The first-order valence-electron chi connectivity index (χ1n) is 8.76. The van der Waals surface area contributed by atoms with Gasteiger partial charge in [0.15, 0.2) is 5.78 Å². The molecule has 0 saturated carbocycles. The maximum atomic E-state index is 12.6. The van der Waals surface area contributed by atoms with Gasteiger partial charge in [-0.25, -0.2) is 0 Å². The van der Waals surface area contributed by atoms with Crippen LogP contribution in [0.15, 0.2) is 91.0 Å². The average Bonchev–Trinajstić information content (AvgIpc) is 2.71. The predicted molar refractivity (Wildman–Crippen MR) is 108 cm³/mol. The molecule has 1 nitrogen and oxygen atoms in total. The number of allylic oxidation sites excluding steroid dienone is 1. The van der Waals surface area contributed by atoms with Gasteiger partial charge in [-0.05, 0) is 45.3 Å². The molecule has 0 aromatic heterocycles. The fourth-order valence-corrected chi connectivity index (χ4v) is 3.86. The number of benzene rings is 4. The van der Waals surface area contributed by atoms with Crippen LogP contribution in [0.4, 0.5) is 0 Å². The van der Waals surface area contributed by atoms with Crippen molar-refractivity contribution < 1.29 is 4.79 Å². The monoisotopic (exact) mass is 332 g/mol. The minimum atomic E-state index is 0.0745. The quantitative estimate of drug-likeness (QED) is 0.416. The van der Waals surface area contributed by atoms with E-state index in [-0.39, 0.29) is 5.78 Å². The van der Waals surface area contributed by atoms with Crippen LogP contribution >= 0.6 is 0 Å². The normalized spacial score (nSPS) is 12.5. The van der Waals surface area contributed by atoms with Crippen LogP contribution in [0, 0.1) is 0 Å². The van der Waals surface area contributed by atoms with Crippen molar-refractivity contribution in [2.24, 2.45) is 0 Å². The maximum absolute atomic E-state index is 12.6. The van der Waals surface area contributed by atoms with E-state index in [9.17, 15) is 4.79 Å². The van der Waals surface area contributed by atoms with Crippen molar-refractivity contribution in [3.8, 4) is 22.3 Å². The first-order chi connectivity index (χ1) is 12.8. The molecule has 0 spiro atoms. The molecule has 1 aliphatic carbocycles. The molecule has 5 rings (SSSR count). The third-order valence-electron chi connectivity index (χ3n) is 5.02.